The Labute approximate surface area is 145 Å². The van der Waals surface area contributed by atoms with Crippen molar-refractivity contribution in [2.75, 3.05) is 0 Å². The second kappa shape index (κ2) is 6.03. The third kappa shape index (κ3) is 3.02. The predicted molar refractivity (Wildman–Crippen MR) is 86.9 cm³/mol. The predicted octanol–water partition coefficient (Wildman–Crippen LogP) is 1.43. The molecule has 2 aliphatic carbocycles. The Morgan fingerprint density at radius 2 is 2.00 bits per heavy atom. The zero-order valence-electron chi connectivity index (χ0n) is 12.8. The van der Waals surface area contributed by atoms with Gasteiger partial charge in [0.2, 0.25) is 5.91 Å². The van der Waals surface area contributed by atoms with Gasteiger partial charge in [-0.05, 0) is 37.8 Å². The number of rotatable bonds is 4. The third-order valence-electron chi connectivity index (χ3n) is 4.73. The van der Waals surface area contributed by atoms with Gasteiger partial charge in [-0.2, -0.15) is 5.26 Å². The molecule has 3 atom stereocenters. The van der Waals surface area contributed by atoms with Crippen molar-refractivity contribution >= 4 is 27.3 Å². The lowest BCUT2D eigenvalue weighted by molar-refractivity contribution is -0.128. The number of carbonyl (C=O) groups is 1. The highest BCUT2D eigenvalue weighted by atomic mass is 35.5. The van der Waals surface area contributed by atoms with E-state index in [-0.39, 0.29) is 22.8 Å². The Morgan fingerprint density at radius 3 is 2.58 bits per heavy atom. The first-order valence-corrected chi connectivity index (χ1v) is 9.61. The molecule has 2 saturated carbocycles. The summed E-state index contributed by atoms with van der Waals surface area (Å²) in [7, 11) is -3.74. The van der Waals surface area contributed by atoms with Gasteiger partial charge >= 0.3 is 0 Å². The number of carbonyl (C=O) groups excluding carboxylic acids is 1. The Kier molecular flexibility index (Phi) is 4.32. The molecule has 0 spiro atoms. The smallest absolute Gasteiger partial charge is 0.227 e. The highest BCUT2D eigenvalue weighted by Gasteiger charge is 2.49. The van der Waals surface area contributed by atoms with Crippen molar-refractivity contribution in [1.82, 2.24) is 5.32 Å². The van der Waals surface area contributed by atoms with Gasteiger partial charge in [-0.25, -0.2) is 8.42 Å². The summed E-state index contributed by atoms with van der Waals surface area (Å²) in [5.41, 5.74) is -0.837. The van der Waals surface area contributed by atoms with Gasteiger partial charge in [0.25, 0.3) is 0 Å². The first-order chi connectivity index (χ1) is 11.3. The molecule has 8 heteroatoms. The van der Waals surface area contributed by atoms with Crippen molar-refractivity contribution in [2.45, 2.75) is 47.5 Å². The lowest BCUT2D eigenvalue weighted by Gasteiger charge is -2.16. The minimum atomic E-state index is -3.74. The third-order valence-corrected chi connectivity index (χ3v) is 7.40. The second-order valence-electron chi connectivity index (χ2n) is 6.43. The molecule has 128 valence electrons. The van der Waals surface area contributed by atoms with Crippen molar-refractivity contribution in [3.8, 4) is 6.07 Å². The maximum atomic E-state index is 12.7. The maximum absolute atomic E-state index is 12.7. The number of nitriles is 1. The number of aliphatic hydroxyl groups excluding tert-OH is 1. The molecule has 2 fully saturated rings. The van der Waals surface area contributed by atoms with Crippen molar-refractivity contribution in [2.24, 2.45) is 5.92 Å². The van der Waals surface area contributed by atoms with Crippen LogP contribution in [-0.4, -0.2) is 36.3 Å². The number of nitrogens with one attached hydrogen (secondary N) is 1. The zero-order valence-corrected chi connectivity index (χ0v) is 14.3. The monoisotopic (exact) mass is 368 g/mol. The Hall–Kier alpha value is -1.62. The van der Waals surface area contributed by atoms with Gasteiger partial charge in [-0.3, -0.25) is 4.79 Å². The molecule has 2 aliphatic rings. The molecule has 3 rings (SSSR count). The van der Waals surface area contributed by atoms with Gasteiger partial charge in [0.05, 0.1) is 33.3 Å². The minimum absolute atomic E-state index is 0.0145. The van der Waals surface area contributed by atoms with E-state index in [0.29, 0.717) is 12.8 Å². The molecule has 6 nitrogen and oxygen atoms in total. The molecule has 0 aliphatic heterocycles. The quantitative estimate of drug-likeness (QED) is 0.835. The van der Waals surface area contributed by atoms with Crippen molar-refractivity contribution in [3.05, 3.63) is 29.3 Å². The van der Waals surface area contributed by atoms with E-state index in [1.165, 1.54) is 12.1 Å². The number of nitrogens with zero attached hydrogens (tertiary/aromatic N) is 1. The maximum Gasteiger partial charge on any atom is 0.227 e. The number of hydrogen-bond donors (Lipinski definition) is 2. The van der Waals surface area contributed by atoms with Gasteiger partial charge in [0.1, 0.15) is 5.54 Å². The van der Waals surface area contributed by atoms with Crippen LogP contribution in [0.1, 0.15) is 25.7 Å². The fourth-order valence-electron chi connectivity index (χ4n) is 3.08. The van der Waals surface area contributed by atoms with Gasteiger partial charge in [0.15, 0.2) is 9.84 Å². The van der Waals surface area contributed by atoms with Crippen LogP contribution in [0.3, 0.4) is 0 Å². The normalized spacial score (nSPS) is 28.1. The van der Waals surface area contributed by atoms with E-state index in [9.17, 15) is 18.3 Å². The number of sulfone groups is 1. The minimum Gasteiger partial charge on any atom is -0.392 e. The van der Waals surface area contributed by atoms with Crippen LogP contribution in [0.4, 0.5) is 0 Å². The van der Waals surface area contributed by atoms with Crippen molar-refractivity contribution in [1.29, 1.82) is 5.26 Å². The summed E-state index contributed by atoms with van der Waals surface area (Å²) in [6.45, 7) is 0. The van der Waals surface area contributed by atoms with Crippen LogP contribution in [-0.2, 0) is 14.6 Å². The Morgan fingerprint density at radius 1 is 1.33 bits per heavy atom. The molecule has 1 amide bonds. The molecule has 0 heterocycles. The highest BCUT2D eigenvalue weighted by molar-refractivity contribution is 7.92. The molecule has 0 aromatic heterocycles. The molecule has 0 bridgehead atoms. The summed E-state index contributed by atoms with van der Waals surface area (Å²) in [5.74, 6) is -1.29. The van der Waals surface area contributed by atoms with Crippen molar-refractivity contribution in [3.63, 3.8) is 0 Å². The van der Waals surface area contributed by atoms with Crippen LogP contribution in [0.2, 0.25) is 5.02 Å². The topological polar surface area (TPSA) is 107 Å². The van der Waals surface area contributed by atoms with Gasteiger partial charge in [-0.15, -0.1) is 0 Å². The molecule has 1 aromatic carbocycles. The number of halogens is 1. The molecule has 0 unspecified atom stereocenters. The summed E-state index contributed by atoms with van der Waals surface area (Å²) in [6.07, 6.45) is 0.105. The van der Waals surface area contributed by atoms with Crippen LogP contribution in [0.5, 0.6) is 0 Å². The molecule has 0 saturated heterocycles. The van der Waals surface area contributed by atoms with Crippen LogP contribution in [0, 0.1) is 17.2 Å². The fraction of sp³-hybridized carbons (Fsp3) is 0.500. The molecule has 2 N–H and O–H groups in total. The van der Waals surface area contributed by atoms with E-state index in [1.54, 1.807) is 12.1 Å². The lowest BCUT2D eigenvalue weighted by Crippen LogP contribution is -2.42. The molecular formula is C16H17ClN2O4S. The van der Waals surface area contributed by atoms with E-state index < -0.39 is 38.6 Å². The van der Waals surface area contributed by atoms with E-state index in [1.807, 2.05) is 6.07 Å². The van der Waals surface area contributed by atoms with E-state index in [0.717, 1.165) is 0 Å². The van der Waals surface area contributed by atoms with Crippen LogP contribution >= 0.6 is 11.6 Å². The Balaban J connectivity index is 1.77. The summed E-state index contributed by atoms with van der Waals surface area (Å²) < 4.78 is 25.5. The van der Waals surface area contributed by atoms with Crippen LogP contribution in [0.25, 0.3) is 0 Å². The van der Waals surface area contributed by atoms with Gasteiger partial charge in [-0.1, -0.05) is 23.7 Å². The second-order valence-corrected chi connectivity index (χ2v) is 9.03. The first-order valence-electron chi connectivity index (χ1n) is 7.69. The number of aliphatic hydroxyl groups is 1. The molecule has 0 radical (unpaired) electrons. The SMILES string of the molecule is N#CC1(NC(=O)[C@H]2C[C@H](S(=O)(=O)c3ccccc3Cl)C[C@@H]2O)CC1. The average Bonchev–Trinajstić information content (AvgIpc) is 3.19. The zero-order chi connectivity index (χ0) is 17.5. The largest absolute Gasteiger partial charge is 0.392 e. The van der Waals surface area contributed by atoms with Crippen LogP contribution < -0.4 is 5.32 Å². The molecule has 24 heavy (non-hydrogen) atoms. The van der Waals surface area contributed by atoms with Gasteiger partial charge in [0, 0.05) is 0 Å². The van der Waals surface area contributed by atoms with Crippen molar-refractivity contribution < 1.29 is 18.3 Å². The number of benzene rings is 1. The summed E-state index contributed by atoms with van der Waals surface area (Å²) in [5, 5.41) is 21.1. The van der Waals surface area contributed by atoms with E-state index >= 15 is 0 Å². The Bertz CT molecular complexity index is 814. The number of hydrogen-bond acceptors (Lipinski definition) is 5. The molecular weight excluding hydrogens is 352 g/mol. The molecule has 1 aromatic rings. The summed E-state index contributed by atoms with van der Waals surface area (Å²) in [6, 6.07) is 8.18. The van der Waals surface area contributed by atoms with E-state index in [2.05, 4.69) is 5.32 Å². The van der Waals surface area contributed by atoms with Crippen LogP contribution in [0.15, 0.2) is 29.2 Å². The summed E-state index contributed by atoms with van der Waals surface area (Å²) >= 11 is 5.98. The number of amides is 1. The standard InChI is InChI=1S/C16H17ClN2O4S/c17-12-3-1-2-4-14(12)24(22,23)10-7-11(13(20)8-10)15(21)19-16(9-18)5-6-16/h1-4,10-11,13,20H,5-8H2,(H,19,21)/t10-,11-,13-/m0/s1. The average molecular weight is 369 g/mol. The van der Waals surface area contributed by atoms with Gasteiger partial charge < -0.3 is 10.4 Å². The highest BCUT2D eigenvalue weighted by Crippen LogP contribution is 2.39. The fourth-order valence-corrected chi connectivity index (χ4v) is 5.42. The van der Waals surface area contributed by atoms with E-state index in [4.69, 9.17) is 16.9 Å². The lowest BCUT2D eigenvalue weighted by atomic mass is 10.0. The summed E-state index contributed by atoms with van der Waals surface area (Å²) in [4.78, 5) is 12.3. The first kappa shape index (κ1) is 17.2.